The largest absolute Gasteiger partial charge is 0.463 e. The van der Waals surface area contributed by atoms with E-state index in [4.69, 9.17) is 0 Å². The standard InChI is InChI=1S/C19H18F4N2O3/c1-2-28-17(27)18(19(21,22)23,24-12-13-8-10-15(20)11-9-13)25-16(26)14-6-4-3-5-7-14/h3-11,24H,2,12H2,1H3,(H,25,26)/t18-/m1/s1. The van der Waals surface area contributed by atoms with Gasteiger partial charge in [-0.15, -0.1) is 0 Å². The Morgan fingerprint density at radius 1 is 1.00 bits per heavy atom. The molecule has 0 radical (unpaired) electrons. The molecule has 0 saturated heterocycles. The molecule has 0 spiro atoms. The first-order chi connectivity index (χ1) is 13.2. The van der Waals surface area contributed by atoms with Crippen LogP contribution in [0.3, 0.4) is 0 Å². The van der Waals surface area contributed by atoms with Crippen LogP contribution in [0.25, 0.3) is 0 Å². The number of rotatable bonds is 7. The molecule has 2 aromatic carbocycles. The van der Waals surface area contributed by atoms with Crippen LogP contribution in [0, 0.1) is 5.82 Å². The van der Waals surface area contributed by atoms with Crippen molar-refractivity contribution in [1.82, 2.24) is 10.6 Å². The van der Waals surface area contributed by atoms with Gasteiger partial charge in [-0.1, -0.05) is 30.3 Å². The minimum absolute atomic E-state index is 0.0657. The summed E-state index contributed by atoms with van der Waals surface area (Å²) in [6, 6.07) is 11.8. The lowest BCUT2D eigenvalue weighted by Crippen LogP contribution is -2.72. The highest BCUT2D eigenvalue weighted by Crippen LogP contribution is 2.30. The van der Waals surface area contributed by atoms with Crippen LogP contribution in [0.4, 0.5) is 17.6 Å². The summed E-state index contributed by atoms with van der Waals surface area (Å²) in [5.41, 5.74) is -3.28. The average molecular weight is 398 g/mol. The first-order valence-electron chi connectivity index (χ1n) is 8.30. The van der Waals surface area contributed by atoms with Crippen LogP contribution in [0.1, 0.15) is 22.8 Å². The second-order valence-electron chi connectivity index (χ2n) is 5.77. The van der Waals surface area contributed by atoms with Crippen LogP contribution in [0.5, 0.6) is 0 Å². The van der Waals surface area contributed by atoms with Crippen molar-refractivity contribution in [2.24, 2.45) is 0 Å². The molecule has 2 rings (SSSR count). The Labute approximate surface area is 158 Å². The van der Waals surface area contributed by atoms with Gasteiger partial charge in [0, 0.05) is 12.1 Å². The Morgan fingerprint density at radius 2 is 1.61 bits per heavy atom. The van der Waals surface area contributed by atoms with Crippen molar-refractivity contribution in [1.29, 1.82) is 0 Å². The van der Waals surface area contributed by atoms with E-state index >= 15 is 0 Å². The first-order valence-corrected chi connectivity index (χ1v) is 8.30. The number of hydrogen-bond donors (Lipinski definition) is 2. The Hall–Kier alpha value is -2.94. The summed E-state index contributed by atoms with van der Waals surface area (Å²) in [6.45, 7) is 0.543. The molecule has 0 saturated carbocycles. The first kappa shape index (κ1) is 21.4. The normalized spacial score (nSPS) is 13.5. The molecule has 0 aliphatic rings. The minimum atomic E-state index is -5.22. The predicted molar refractivity (Wildman–Crippen MR) is 92.6 cm³/mol. The minimum Gasteiger partial charge on any atom is -0.463 e. The van der Waals surface area contributed by atoms with E-state index in [0.29, 0.717) is 0 Å². The highest BCUT2D eigenvalue weighted by Gasteiger charge is 2.63. The van der Waals surface area contributed by atoms with Crippen molar-refractivity contribution in [3.63, 3.8) is 0 Å². The van der Waals surface area contributed by atoms with Gasteiger partial charge >= 0.3 is 12.1 Å². The SMILES string of the molecule is CCOC(=O)[C@@](NCc1ccc(F)cc1)(NC(=O)c1ccccc1)C(F)(F)F. The zero-order chi connectivity index (χ0) is 20.8. The zero-order valence-corrected chi connectivity index (χ0v) is 14.8. The smallest absolute Gasteiger partial charge is 0.436 e. The van der Waals surface area contributed by atoms with E-state index in [9.17, 15) is 27.2 Å². The Kier molecular flexibility index (Phi) is 6.74. The van der Waals surface area contributed by atoms with E-state index in [0.717, 1.165) is 12.1 Å². The number of halogens is 4. The number of hydrogen-bond acceptors (Lipinski definition) is 4. The summed E-state index contributed by atoms with van der Waals surface area (Å²) in [5, 5.41) is 3.77. The summed E-state index contributed by atoms with van der Waals surface area (Å²) < 4.78 is 59.5. The van der Waals surface area contributed by atoms with Gasteiger partial charge < -0.3 is 10.1 Å². The highest BCUT2D eigenvalue weighted by atomic mass is 19.4. The van der Waals surface area contributed by atoms with Gasteiger partial charge in [-0.2, -0.15) is 13.2 Å². The highest BCUT2D eigenvalue weighted by molar-refractivity contribution is 5.98. The molecule has 0 unspecified atom stereocenters. The molecule has 0 aliphatic heterocycles. The number of carbonyl (C=O) groups is 2. The van der Waals surface area contributed by atoms with Gasteiger partial charge in [0.1, 0.15) is 5.82 Å². The molecular weight excluding hydrogens is 380 g/mol. The van der Waals surface area contributed by atoms with Gasteiger partial charge in [-0.25, -0.2) is 9.18 Å². The quantitative estimate of drug-likeness (QED) is 0.427. The van der Waals surface area contributed by atoms with E-state index in [1.165, 1.54) is 43.3 Å². The average Bonchev–Trinajstić information content (AvgIpc) is 2.66. The van der Waals surface area contributed by atoms with Crippen molar-refractivity contribution in [3.8, 4) is 0 Å². The van der Waals surface area contributed by atoms with Crippen LogP contribution in [-0.4, -0.2) is 30.3 Å². The fourth-order valence-electron chi connectivity index (χ4n) is 2.36. The van der Waals surface area contributed by atoms with Gasteiger partial charge in [-0.3, -0.25) is 10.1 Å². The van der Waals surface area contributed by atoms with E-state index < -0.39 is 36.1 Å². The summed E-state index contributed by atoms with van der Waals surface area (Å²) in [5.74, 6) is -3.37. The number of alkyl halides is 3. The zero-order valence-electron chi connectivity index (χ0n) is 14.8. The molecule has 0 bridgehead atoms. The van der Waals surface area contributed by atoms with E-state index in [1.807, 2.05) is 5.32 Å². The third-order valence-electron chi connectivity index (χ3n) is 3.81. The molecule has 2 N–H and O–H groups in total. The fourth-order valence-corrected chi connectivity index (χ4v) is 2.36. The monoisotopic (exact) mass is 398 g/mol. The van der Waals surface area contributed by atoms with Crippen LogP contribution in [0.15, 0.2) is 54.6 Å². The van der Waals surface area contributed by atoms with Crippen molar-refractivity contribution in [3.05, 3.63) is 71.5 Å². The maximum absolute atomic E-state index is 14.0. The molecule has 150 valence electrons. The van der Waals surface area contributed by atoms with Crippen LogP contribution < -0.4 is 10.6 Å². The maximum atomic E-state index is 14.0. The number of esters is 1. The molecule has 28 heavy (non-hydrogen) atoms. The number of carbonyl (C=O) groups excluding carboxylic acids is 2. The van der Waals surface area contributed by atoms with Crippen molar-refractivity contribution in [2.45, 2.75) is 25.3 Å². The van der Waals surface area contributed by atoms with Crippen molar-refractivity contribution >= 4 is 11.9 Å². The number of benzene rings is 2. The molecule has 1 amide bonds. The van der Waals surface area contributed by atoms with Gasteiger partial charge in [0.15, 0.2) is 0 Å². The van der Waals surface area contributed by atoms with Gasteiger partial charge in [0.2, 0.25) is 0 Å². The summed E-state index contributed by atoms with van der Waals surface area (Å²) >= 11 is 0. The number of ether oxygens (including phenoxy) is 1. The molecule has 5 nitrogen and oxygen atoms in total. The lowest BCUT2D eigenvalue weighted by molar-refractivity contribution is -0.219. The Morgan fingerprint density at radius 3 is 2.14 bits per heavy atom. The lowest BCUT2D eigenvalue weighted by atomic mass is 10.1. The molecule has 1 atom stereocenters. The van der Waals surface area contributed by atoms with E-state index in [1.54, 1.807) is 11.4 Å². The summed E-state index contributed by atoms with van der Waals surface area (Å²) in [6.07, 6.45) is -5.22. The van der Waals surface area contributed by atoms with Gasteiger partial charge in [0.05, 0.1) is 6.61 Å². The van der Waals surface area contributed by atoms with Crippen molar-refractivity contribution in [2.75, 3.05) is 6.61 Å². The molecule has 0 heterocycles. The Bertz CT molecular complexity index is 810. The molecule has 9 heteroatoms. The van der Waals surface area contributed by atoms with Crippen LogP contribution in [-0.2, 0) is 16.1 Å². The van der Waals surface area contributed by atoms with Crippen LogP contribution >= 0.6 is 0 Å². The number of amides is 1. The van der Waals surface area contributed by atoms with Gasteiger partial charge in [0.25, 0.3) is 11.6 Å². The molecule has 2 aromatic rings. The summed E-state index contributed by atoms with van der Waals surface area (Å²) in [4.78, 5) is 24.6. The molecule has 0 aromatic heterocycles. The molecule has 0 fully saturated rings. The Balaban J connectivity index is 2.37. The molecule has 0 aliphatic carbocycles. The summed E-state index contributed by atoms with van der Waals surface area (Å²) in [7, 11) is 0. The van der Waals surface area contributed by atoms with E-state index in [2.05, 4.69) is 4.74 Å². The second kappa shape index (κ2) is 8.83. The van der Waals surface area contributed by atoms with Crippen molar-refractivity contribution < 1.29 is 31.9 Å². The lowest BCUT2D eigenvalue weighted by Gasteiger charge is -2.34. The third-order valence-corrected chi connectivity index (χ3v) is 3.81. The van der Waals surface area contributed by atoms with E-state index in [-0.39, 0.29) is 17.7 Å². The second-order valence-corrected chi connectivity index (χ2v) is 5.77. The fraction of sp³-hybridized carbons (Fsp3) is 0.263. The number of nitrogens with one attached hydrogen (secondary N) is 2. The topological polar surface area (TPSA) is 67.4 Å². The maximum Gasteiger partial charge on any atom is 0.436 e. The van der Waals surface area contributed by atoms with Crippen LogP contribution in [0.2, 0.25) is 0 Å². The molecular formula is C19H18F4N2O3. The predicted octanol–water partition coefficient (Wildman–Crippen LogP) is 3.17. The van der Waals surface area contributed by atoms with Gasteiger partial charge in [-0.05, 0) is 36.8 Å². The third kappa shape index (κ3) is 4.86.